The summed E-state index contributed by atoms with van der Waals surface area (Å²) in [6.07, 6.45) is 4.77. The molecule has 1 heterocycles. The van der Waals surface area contributed by atoms with Gasteiger partial charge in [-0.25, -0.2) is 13.2 Å². The number of carbonyl (C=O) groups is 2. The Morgan fingerprint density at radius 2 is 1.80 bits per heavy atom. The predicted octanol–water partition coefficient (Wildman–Crippen LogP) is 1.44. The summed E-state index contributed by atoms with van der Waals surface area (Å²) in [5.41, 5.74) is 0.821. The molecule has 0 radical (unpaired) electrons. The highest BCUT2D eigenvalue weighted by Gasteiger charge is 2.28. The molecular formula is C17H22N2O5S. The third kappa shape index (κ3) is 4.31. The van der Waals surface area contributed by atoms with Crippen LogP contribution < -0.4 is 9.62 Å². The number of sulfonamides is 1. The molecule has 2 aliphatic rings. The van der Waals surface area contributed by atoms with Crippen molar-refractivity contribution in [3.8, 4) is 0 Å². The van der Waals surface area contributed by atoms with Gasteiger partial charge in [0.15, 0.2) is 6.61 Å². The number of hydrogen-bond acceptors (Lipinski definition) is 5. The minimum absolute atomic E-state index is 0.146. The third-order valence-electron chi connectivity index (χ3n) is 4.54. The van der Waals surface area contributed by atoms with Crippen LogP contribution in [-0.2, 0) is 19.6 Å². The summed E-state index contributed by atoms with van der Waals surface area (Å²) in [6.45, 7) is 0.144. The highest BCUT2D eigenvalue weighted by Crippen LogP contribution is 2.24. The molecular weight excluding hydrogens is 344 g/mol. The highest BCUT2D eigenvalue weighted by molar-refractivity contribution is 7.93. The average molecular weight is 366 g/mol. The summed E-state index contributed by atoms with van der Waals surface area (Å²) in [4.78, 5) is 23.8. The van der Waals surface area contributed by atoms with E-state index < -0.39 is 16.0 Å². The van der Waals surface area contributed by atoms with Crippen LogP contribution in [-0.4, -0.2) is 45.2 Å². The number of benzene rings is 1. The van der Waals surface area contributed by atoms with Crippen LogP contribution in [0.2, 0.25) is 0 Å². The zero-order chi connectivity index (χ0) is 17.9. The van der Waals surface area contributed by atoms with Crippen LogP contribution in [0.15, 0.2) is 24.3 Å². The number of amides is 1. The van der Waals surface area contributed by atoms with Crippen LogP contribution in [0.3, 0.4) is 0 Å². The van der Waals surface area contributed by atoms with Gasteiger partial charge in [0, 0.05) is 12.6 Å². The summed E-state index contributed by atoms with van der Waals surface area (Å²) < 4.78 is 30.1. The Kier molecular flexibility index (Phi) is 5.27. The largest absolute Gasteiger partial charge is 0.452 e. The van der Waals surface area contributed by atoms with Gasteiger partial charge in [-0.1, -0.05) is 12.8 Å². The molecule has 2 fully saturated rings. The normalized spacial score (nSPS) is 19.8. The van der Waals surface area contributed by atoms with Crippen molar-refractivity contribution in [3.05, 3.63) is 29.8 Å². The van der Waals surface area contributed by atoms with Crippen molar-refractivity contribution in [2.45, 2.75) is 38.1 Å². The molecule has 136 valence electrons. The van der Waals surface area contributed by atoms with Gasteiger partial charge >= 0.3 is 5.97 Å². The Balaban J connectivity index is 1.53. The molecule has 3 rings (SSSR count). The van der Waals surface area contributed by atoms with E-state index in [9.17, 15) is 18.0 Å². The van der Waals surface area contributed by atoms with E-state index in [0.717, 1.165) is 25.7 Å². The second-order valence-electron chi connectivity index (χ2n) is 6.41. The van der Waals surface area contributed by atoms with Crippen LogP contribution in [0.1, 0.15) is 42.5 Å². The molecule has 0 atom stereocenters. The number of nitrogens with one attached hydrogen (secondary N) is 1. The van der Waals surface area contributed by atoms with E-state index in [-0.39, 0.29) is 29.9 Å². The Morgan fingerprint density at radius 1 is 1.12 bits per heavy atom. The van der Waals surface area contributed by atoms with Crippen LogP contribution >= 0.6 is 0 Å². The van der Waals surface area contributed by atoms with Crippen molar-refractivity contribution >= 4 is 27.6 Å². The van der Waals surface area contributed by atoms with Crippen molar-refractivity contribution in [1.82, 2.24) is 5.32 Å². The number of anilines is 1. The van der Waals surface area contributed by atoms with Gasteiger partial charge in [-0.3, -0.25) is 9.10 Å². The first-order valence-corrected chi connectivity index (χ1v) is 10.1. The third-order valence-corrected chi connectivity index (χ3v) is 6.41. The minimum Gasteiger partial charge on any atom is -0.452 e. The van der Waals surface area contributed by atoms with Gasteiger partial charge in [0.1, 0.15) is 0 Å². The van der Waals surface area contributed by atoms with Crippen molar-refractivity contribution in [2.75, 3.05) is 23.2 Å². The zero-order valence-electron chi connectivity index (χ0n) is 13.9. The Labute approximate surface area is 147 Å². The van der Waals surface area contributed by atoms with Crippen LogP contribution in [0.25, 0.3) is 0 Å². The first-order chi connectivity index (χ1) is 12.0. The molecule has 1 aromatic carbocycles. The maximum atomic E-state index is 12.0. The van der Waals surface area contributed by atoms with Crippen molar-refractivity contribution in [1.29, 1.82) is 0 Å². The molecule has 1 N–H and O–H groups in total. The van der Waals surface area contributed by atoms with E-state index in [1.54, 1.807) is 12.1 Å². The van der Waals surface area contributed by atoms with Crippen molar-refractivity contribution in [3.63, 3.8) is 0 Å². The summed E-state index contributed by atoms with van der Waals surface area (Å²) in [5, 5.41) is 2.85. The van der Waals surface area contributed by atoms with Gasteiger partial charge in [0.25, 0.3) is 5.91 Å². The molecule has 8 heteroatoms. The summed E-state index contributed by atoms with van der Waals surface area (Å²) in [6, 6.07) is 6.38. The first-order valence-electron chi connectivity index (χ1n) is 8.53. The van der Waals surface area contributed by atoms with Gasteiger partial charge in [-0.15, -0.1) is 0 Å². The van der Waals surface area contributed by atoms with Crippen LogP contribution in [0.5, 0.6) is 0 Å². The number of esters is 1. The molecule has 1 saturated carbocycles. The van der Waals surface area contributed by atoms with Gasteiger partial charge in [0.2, 0.25) is 10.0 Å². The summed E-state index contributed by atoms with van der Waals surface area (Å²) in [5.74, 6) is -0.746. The van der Waals surface area contributed by atoms with Gasteiger partial charge in [-0.2, -0.15) is 0 Å². The van der Waals surface area contributed by atoms with E-state index in [4.69, 9.17) is 4.74 Å². The molecule has 1 aliphatic heterocycles. The molecule has 25 heavy (non-hydrogen) atoms. The van der Waals surface area contributed by atoms with Crippen molar-refractivity contribution < 1.29 is 22.7 Å². The van der Waals surface area contributed by atoms with Crippen LogP contribution in [0, 0.1) is 0 Å². The topological polar surface area (TPSA) is 92.8 Å². The molecule has 1 amide bonds. The summed E-state index contributed by atoms with van der Waals surface area (Å²) in [7, 11) is -3.24. The molecule has 0 spiro atoms. The fraction of sp³-hybridized carbons (Fsp3) is 0.529. The lowest BCUT2D eigenvalue weighted by molar-refractivity contribution is -0.124. The quantitative estimate of drug-likeness (QED) is 0.796. The second kappa shape index (κ2) is 7.43. The standard InChI is InChI=1S/C17H22N2O5S/c20-16(18-14-4-1-2-5-14)12-24-17(21)13-6-8-15(9-7-13)19-10-3-11-25(19,22)23/h6-9,14H,1-5,10-12H2,(H,18,20). The van der Waals surface area contributed by atoms with E-state index in [1.165, 1.54) is 16.4 Å². The fourth-order valence-corrected chi connectivity index (χ4v) is 4.81. The predicted molar refractivity (Wildman–Crippen MR) is 92.9 cm³/mol. The second-order valence-corrected chi connectivity index (χ2v) is 8.43. The Bertz CT molecular complexity index is 739. The lowest BCUT2D eigenvalue weighted by Crippen LogP contribution is -2.35. The Hall–Kier alpha value is -2.09. The van der Waals surface area contributed by atoms with Crippen molar-refractivity contribution in [2.24, 2.45) is 0 Å². The first kappa shape index (κ1) is 17.7. The smallest absolute Gasteiger partial charge is 0.338 e. The van der Waals surface area contributed by atoms with Crippen LogP contribution in [0.4, 0.5) is 5.69 Å². The molecule has 1 aliphatic carbocycles. The average Bonchev–Trinajstić information content (AvgIpc) is 3.21. The maximum Gasteiger partial charge on any atom is 0.338 e. The number of carbonyl (C=O) groups excluding carboxylic acids is 2. The fourth-order valence-electron chi connectivity index (χ4n) is 3.25. The number of nitrogens with zero attached hydrogens (tertiary/aromatic N) is 1. The molecule has 0 aromatic heterocycles. The monoisotopic (exact) mass is 366 g/mol. The number of rotatable bonds is 5. The Morgan fingerprint density at radius 3 is 2.40 bits per heavy atom. The molecule has 1 saturated heterocycles. The molecule has 1 aromatic rings. The number of hydrogen-bond donors (Lipinski definition) is 1. The van der Waals surface area contributed by atoms with E-state index >= 15 is 0 Å². The molecule has 0 unspecified atom stereocenters. The lowest BCUT2D eigenvalue weighted by Gasteiger charge is -2.17. The van der Waals surface area contributed by atoms with E-state index in [0.29, 0.717) is 18.7 Å². The maximum absolute atomic E-state index is 12.0. The minimum atomic E-state index is -3.24. The molecule has 0 bridgehead atoms. The molecule has 7 nitrogen and oxygen atoms in total. The number of ether oxygens (including phenoxy) is 1. The van der Waals surface area contributed by atoms with E-state index in [2.05, 4.69) is 5.32 Å². The zero-order valence-corrected chi connectivity index (χ0v) is 14.8. The van der Waals surface area contributed by atoms with E-state index in [1.807, 2.05) is 0 Å². The highest BCUT2D eigenvalue weighted by atomic mass is 32.2. The summed E-state index contributed by atoms with van der Waals surface area (Å²) >= 11 is 0. The van der Waals surface area contributed by atoms with Gasteiger partial charge in [0.05, 0.1) is 17.0 Å². The van der Waals surface area contributed by atoms with Gasteiger partial charge < -0.3 is 10.1 Å². The van der Waals surface area contributed by atoms with Gasteiger partial charge in [-0.05, 0) is 43.5 Å². The SMILES string of the molecule is O=C(COC(=O)c1ccc(N2CCCS2(=O)=O)cc1)NC1CCCC1. The lowest BCUT2D eigenvalue weighted by atomic mass is 10.2.